The molecule has 0 amide bonds. The van der Waals surface area contributed by atoms with Crippen LogP contribution in [-0.4, -0.2) is 59.8 Å². The number of ether oxygens (including phenoxy) is 1. The van der Waals surface area contributed by atoms with Crippen LogP contribution in [0.1, 0.15) is 36.6 Å². The van der Waals surface area contributed by atoms with Crippen LogP contribution in [0, 0.1) is 5.82 Å². The lowest BCUT2D eigenvalue weighted by Gasteiger charge is -2.39. The van der Waals surface area contributed by atoms with E-state index in [1.165, 1.54) is 19.1 Å². The second kappa shape index (κ2) is 9.50. The van der Waals surface area contributed by atoms with Crippen LogP contribution in [0.25, 0.3) is 11.9 Å². The van der Waals surface area contributed by atoms with Crippen molar-refractivity contribution < 1.29 is 43.9 Å². The Morgan fingerprint density at radius 3 is 2.61 bits per heavy atom. The summed E-state index contributed by atoms with van der Waals surface area (Å²) in [5, 5.41) is -1.26. The summed E-state index contributed by atoms with van der Waals surface area (Å²) < 4.78 is 123. The average molecular weight is 566 g/mol. The number of aliphatic imine (C=N–C) groups is 1. The van der Waals surface area contributed by atoms with E-state index < -0.39 is 74.4 Å². The van der Waals surface area contributed by atoms with E-state index >= 15 is 0 Å². The van der Waals surface area contributed by atoms with Gasteiger partial charge in [-0.3, -0.25) is 4.99 Å². The third-order valence-corrected chi connectivity index (χ3v) is 9.88. The van der Waals surface area contributed by atoms with Gasteiger partial charge >= 0.3 is 12.3 Å². The zero-order chi connectivity index (χ0) is 28.1. The smallest absolute Gasteiger partial charge is 0.340 e. The summed E-state index contributed by atoms with van der Waals surface area (Å²) in [4.78, 5) is 11.4. The molecule has 1 aromatic carbocycles. The Morgan fingerprint density at radius 1 is 1.29 bits per heavy atom. The molecule has 1 fully saturated rings. The fourth-order valence-corrected chi connectivity index (χ4v) is 7.30. The number of hydrogen-bond acceptors (Lipinski definition) is 7. The topological polar surface area (TPSA) is 108 Å². The third-order valence-electron chi connectivity index (χ3n) is 6.83. The Labute approximate surface area is 212 Å². The molecule has 38 heavy (non-hydrogen) atoms. The van der Waals surface area contributed by atoms with E-state index in [-0.39, 0.29) is 29.7 Å². The number of hydrogen-bond donors (Lipinski definition) is 1. The van der Waals surface area contributed by atoms with Gasteiger partial charge in [0.15, 0.2) is 27.0 Å². The van der Waals surface area contributed by atoms with Crippen molar-refractivity contribution in [2.24, 2.45) is 10.7 Å². The Hall–Kier alpha value is -3.23. The van der Waals surface area contributed by atoms with Gasteiger partial charge in [0.25, 0.3) is 0 Å². The molecule has 2 N–H and O–H groups in total. The summed E-state index contributed by atoms with van der Waals surface area (Å²) in [6.45, 7) is -1.56. The molecule has 206 valence electrons. The summed E-state index contributed by atoms with van der Waals surface area (Å²) in [6.07, 6.45) is -1.57. The van der Waals surface area contributed by atoms with Crippen LogP contribution in [0.4, 0.5) is 30.7 Å². The summed E-state index contributed by atoms with van der Waals surface area (Å²) in [7, 11) is -4.17. The van der Waals surface area contributed by atoms with E-state index in [9.17, 15) is 39.2 Å². The molecule has 3 atom stereocenters. The maximum atomic E-state index is 15.0. The SMILES string of the molecule is C[C@]1(c2cc(/C=C(\F)c3cnc(OCC(F)(F)C(F)F)cn3)ccc2F)N=C(N)[C@@]2(CF)CC[C@@H]1S2(=O)=O. The quantitative estimate of drug-likeness (QED) is 0.480. The van der Waals surface area contributed by atoms with Gasteiger partial charge in [0.2, 0.25) is 5.88 Å². The second-order valence-electron chi connectivity index (χ2n) is 9.17. The van der Waals surface area contributed by atoms with Crippen LogP contribution in [0.3, 0.4) is 0 Å². The van der Waals surface area contributed by atoms with Gasteiger partial charge in [-0.05, 0) is 43.5 Å². The number of alkyl halides is 5. The molecular weight excluding hydrogens is 545 g/mol. The van der Waals surface area contributed by atoms with Crippen LogP contribution in [0.2, 0.25) is 0 Å². The Balaban J connectivity index is 1.62. The van der Waals surface area contributed by atoms with Crippen LogP contribution in [0.15, 0.2) is 35.6 Å². The molecule has 2 aliphatic rings. The Kier molecular flexibility index (Phi) is 6.95. The molecule has 4 rings (SSSR count). The first kappa shape index (κ1) is 27.8. The van der Waals surface area contributed by atoms with Gasteiger partial charge < -0.3 is 10.5 Å². The Bertz CT molecular complexity index is 1400. The number of nitrogens with zero attached hydrogens (tertiary/aromatic N) is 3. The lowest BCUT2D eigenvalue weighted by Crippen LogP contribution is -2.58. The molecule has 3 heterocycles. The van der Waals surface area contributed by atoms with E-state index in [0.29, 0.717) is 0 Å². The zero-order valence-electron chi connectivity index (χ0n) is 19.6. The van der Waals surface area contributed by atoms with Crippen molar-refractivity contribution in [2.75, 3.05) is 13.3 Å². The maximum Gasteiger partial charge on any atom is 0.340 e. The summed E-state index contributed by atoms with van der Waals surface area (Å²) in [5.41, 5.74) is 3.68. The summed E-state index contributed by atoms with van der Waals surface area (Å²) in [6, 6.07) is 3.36. The van der Waals surface area contributed by atoms with Crippen molar-refractivity contribution in [1.29, 1.82) is 0 Å². The number of benzene rings is 1. The molecule has 15 heteroatoms. The van der Waals surface area contributed by atoms with Gasteiger partial charge in [-0.2, -0.15) is 8.78 Å². The number of amidine groups is 1. The van der Waals surface area contributed by atoms with E-state index in [1.807, 2.05) is 0 Å². The lowest BCUT2D eigenvalue weighted by molar-refractivity contribution is -0.148. The van der Waals surface area contributed by atoms with Crippen molar-refractivity contribution in [2.45, 2.75) is 47.6 Å². The first-order chi connectivity index (χ1) is 17.7. The highest BCUT2D eigenvalue weighted by Gasteiger charge is 2.65. The predicted octanol–water partition coefficient (Wildman–Crippen LogP) is 4.23. The van der Waals surface area contributed by atoms with Crippen LogP contribution in [-0.2, 0) is 15.4 Å². The average Bonchev–Trinajstić information content (AvgIpc) is 3.07. The van der Waals surface area contributed by atoms with Crippen molar-refractivity contribution in [1.82, 2.24) is 9.97 Å². The van der Waals surface area contributed by atoms with Gasteiger partial charge in [-0.15, -0.1) is 0 Å². The fraction of sp³-hybridized carbons (Fsp3) is 0.435. The molecule has 1 aromatic heterocycles. The molecule has 1 saturated heterocycles. The van der Waals surface area contributed by atoms with E-state index in [2.05, 4.69) is 19.7 Å². The molecule has 0 radical (unpaired) electrons. The zero-order valence-corrected chi connectivity index (χ0v) is 20.5. The van der Waals surface area contributed by atoms with Crippen molar-refractivity contribution in [3.05, 3.63) is 53.2 Å². The van der Waals surface area contributed by atoms with Gasteiger partial charge in [-0.1, -0.05) is 6.07 Å². The molecular formula is C23H21F7N4O3S. The number of sulfone groups is 1. The highest BCUT2D eigenvalue weighted by atomic mass is 32.2. The second-order valence-corrected chi connectivity index (χ2v) is 11.6. The third kappa shape index (κ3) is 4.39. The molecule has 2 bridgehead atoms. The van der Waals surface area contributed by atoms with E-state index in [0.717, 1.165) is 24.5 Å². The largest absolute Gasteiger partial charge is 0.470 e. The molecule has 0 saturated carbocycles. The van der Waals surface area contributed by atoms with Crippen LogP contribution >= 0.6 is 0 Å². The first-order valence-electron chi connectivity index (χ1n) is 11.1. The van der Waals surface area contributed by atoms with Crippen molar-refractivity contribution >= 4 is 27.6 Å². The standard InChI is InChI=1S/C23H21F7N4O3S/c1-21(17-4-5-22(10-24,20(31)34-21)38(17,35)36)13-6-12(2-3-14(13)25)7-15(26)16-8-33-18(9-32-16)37-11-23(29,30)19(27)28/h2-3,6-9,17,19H,4-5,10-11H2,1H3,(H2,31,34)/b15-7-/t17-,21+,22-/m0/s1. The van der Waals surface area contributed by atoms with Crippen LogP contribution < -0.4 is 10.5 Å². The monoisotopic (exact) mass is 566 g/mol. The summed E-state index contributed by atoms with van der Waals surface area (Å²) >= 11 is 0. The normalized spacial score (nSPS) is 26.9. The molecule has 2 aliphatic heterocycles. The summed E-state index contributed by atoms with van der Waals surface area (Å²) in [5.74, 6) is -7.25. The molecule has 7 nitrogen and oxygen atoms in total. The molecule has 2 aromatic rings. The molecule has 0 unspecified atom stereocenters. The minimum Gasteiger partial charge on any atom is -0.470 e. The van der Waals surface area contributed by atoms with Crippen molar-refractivity contribution in [3.8, 4) is 5.88 Å². The predicted molar refractivity (Wildman–Crippen MR) is 123 cm³/mol. The van der Waals surface area contributed by atoms with Crippen LogP contribution in [0.5, 0.6) is 5.88 Å². The minimum absolute atomic E-state index is 0.00588. The van der Waals surface area contributed by atoms with E-state index in [4.69, 9.17) is 5.73 Å². The number of fused-ring (bicyclic) bond motifs is 2. The first-order valence-corrected chi connectivity index (χ1v) is 12.7. The van der Waals surface area contributed by atoms with Gasteiger partial charge in [0, 0.05) is 5.56 Å². The highest BCUT2D eigenvalue weighted by molar-refractivity contribution is 7.94. The van der Waals surface area contributed by atoms with Gasteiger partial charge in [0.05, 0.1) is 17.6 Å². The van der Waals surface area contributed by atoms with Gasteiger partial charge in [0.1, 0.15) is 29.6 Å². The number of halogens is 7. The number of rotatable bonds is 8. The lowest BCUT2D eigenvalue weighted by atomic mass is 9.86. The maximum absolute atomic E-state index is 15.0. The molecule has 0 aliphatic carbocycles. The minimum atomic E-state index is -4.42. The van der Waals surface area contributed by atoms with E-state index in [1.54, 1.807) is 0 Å². The fourth-order valence-electron chi connectivity index (χ4n) is 4.65. The van der Waals surface area contributed by atoms with Gasteiger partial charge in [-0.25, -0.2) is 40.3 Å². The molecule has 0 spiro atoms. The Morgan fingerprint density at radius 2 is 2.00 bits per heavy atom. The van der Waals surface area contributed by atoms with Crippen molar-refractivity contribution in [3.63, 3.8) is 0 Å². The highest BCUT2D eigenvalue weighted by Crippen LogP contribution is 2.52. The number of nitrogens with two attached hydrogens (primary N) is 1. The number of aromatic nitrogens is 2.